The molecule has 0 saturated heterocycles. The summed E-state index contributed by atoms with van der Waals surface area (Å²) in [6.45, 7) is 2.02. The molecule has 2 aromatic carbocycles. The maximum absolute atomic E-state index is 10.6. The van der Waals surface area contributed by atoms with Gasteiger partial charge in [0, 0.05) is 15.7 Å². The standard InChI is InChI=1S/C16H15ClO2S/c1-11-2-5-13(15(17)8-11)10-20-14-6-3-12(4-7-14)9-16(18)19/h2-8H,9-10H2,1H3,(H,18,19). The Hall–Kier alpha value is -1.45. The van der Waals surface area contributed by atoms with Gasteiger partial charge in [0.1, 0.15) is 0 Å². The fourth-order valence-corrected chi connectivity index (χ4v) is 3.09. The number of hydrogen-bond donors (Lipinski definition) is 1. The predicted molar refractivity (Wildman–Crippen MR) is 83.5 cm³/mol. The first-order chi connectivity index (χ1) is 9.54. The molecule has 0 spiro atoms. The number of aliphatic carboxylic acids is 1. The van der Waals surface area contributed by atoms with Crippen LogP contribution in [-0.2, 0) is 17.0 Å². The highest BCUT2D eigenvalue weighted by molar-refractivity contribution is 7.98. The SMILES string of the molecule is Cc1ccc(CSc2ccc(CC(=O)O)cc2)c(Cl)c1. The molecule has 0 unspecified atom stereocenters. The lowest BCUT2D eigenvalue weighted by molar-refractivity contribution is -0.136. The zero-order valence-electron chi connectivity index (χ0n) is 11.1. The molecule has 0 amide bonds. The van der Waals surface area contributed by atoms with E-state index in [-0.39, 0.29) is 6.42 Å². The molecule has 0 fully saturated rings. The van der Waals surface area contributed by atoms with Gasteiger partial charge >= 0.3 is 5.97 Å². The van der Waals surface area contributed by atoms with E-state index in [1.165, 1.54) is 0 Å². The summed E-state index contributed by atoms with van der Waals surface area (Å²) in [4.78, 5) is 11.7. The normalized spacial score (nSPS) is 10.5. The number of rotatable bonds is 5. The van der Waals surface area contributed by atoms with E-state index in [1.807, 2.05) is 43.3 Å². The summed E-state index contributed by atoms with van der Waals surface area (Å²) in [5.41, 5.74) is 3.08. The van der Waals surface area contributed by atoms with Crippen molar-refractivity contribution in [3.63, 3.8) is 0 Å². The van der Waals surface area contributed by atoms with E-state index >= 15 is 0 Å². The van der Waals surface area contributed by atoms with Crippen LogP contribution in [0.1, 0.15) is 16.7 Å². The predicted octanol–water partition coefficient (Wildman–Crippen LogP) is 4.57. The molecule has 0 aliphatic carbocycles. The molecule has 2 nitrogen and oxygen atoms in total. The molecule has 0 aliphatic heterocycles. The number of carboxylic acids is 1. The first kappa shape index (κ1) is 14.9. The van der Waals surface area contributed by atoms with Crippen molar-refractivity contribution in [2.24, 2.45) is 0 Å². The first-order valence-corrected chi connectivity index (χ1v) is 7.59. The van der Waals surface area contributed by atoms with E-state index in [9.17, 15) is 4.79 Å². The Morgan fingerprint density at radius 1 is 1.20 bits per heavy atom. The maximum Gasteiger partial charge on any atom is 0.307 e. The van der Waals surface area contributed by atoms with Crippen LogP contribution in [0.3, 0.4) is 0 Å². The van der Waals surface area contributed by atoms with Gasteiger partial charge in [0.2, 0.25) is 0 Å². The highest BCUT2D eigenvalue weighted by Gasteiger charge is 2.03. The Balaban J connectivity index is 1.98. The van der Waals surface area contributed by atoms with Crippen molar-refractivity contribution in [1.29, 1.82) is 0 Å². The van der Waals surface area contributed by atoms with E-state index in [1.54, 1.807) is 11.8 Å². The number of aryl methyl sites for hydroxylation is 1. The fourth-order valence-electron chi connectivity index (χ4n) is 1.81. The van der Waals surface area contributed by atoms with Crippen LogP contribution in [0.15, 0.2) is 47.4 Å². The topological polar surface area (TPSA) is 37.3 Å². The molecular formula is C16H15ClO2S. The van der Waals surface area contributed by atoms with Crippen molar-refractivity contribution < 1.29 is 9.90 Å². The molecule has 0 aromatic heterocycles. The highest BCUT2D eigenvalue weighted by atomic mass is 35.5. The quantitative estimate of drug-likeness (QED) is 0.822. The average molecular weight is 307 g/mol. The van der Waals surface area contributed by atoms with Gasteiger partial charge < -0.3 is 5.11 Å². The molecule has 20 heavy (non-hydrogen) atoms. The summed E-state index contributed by atoms with van der Waals surface area (Å²) in [6.07, 6.45) is 0.0642. The molecule has 104 valence electrons. The minimum Gasteiger partial charge on any atom is -0.481 e. The van der Waals surface area contributed by atoms with Crippen molar-refractivity contribution in [3.05, 3.63) is 64.2 Å². The van der Waals surface area contributed by atoms with Gasteiger partial charge in [-0.25, -0.2) is 0 Å². The minimum absolute atomic E-state index is 0.0642. The van der Waals surface area contributed by atoms with E-state index in [4.69, 9.17) is 16.7 Å². The van der Waals surface area contributed by atoms with Crippen LogP contribution in [0, 0.1) is 6.92 Å². The molecule has 0 aliphatic rings. The van der Waals surface area contributed by atoms with E-state index in [2.05, 4.69) is 6.07 Å². The second-order valence-corrected chi connectivity index (χ2v) is 6.05. The van der Waals surface area contributed by atoms with Gasteiger partial charge in [-0.05, 0) is 41.8 Å². The molecule has 0 radical (unpaired) electrons. The third-order valence-corrected chi connectivity index (χ3v) is 4.29. The van der Waals surface area contributed by atoms with Crippen LogP contribution in [0.25, 0.3) is 0 Å². The van der Waals surface area contributed by atoms with Gasteiger partial charge in [0.15, 0.2) is 0 Å². The zero-order valence-corrected chi connectivity index (χ0v) is 12.7. The van der Waals surface area contributed by atoms with E-state index < -0.39 is 5.97 Å². The van der Waals surface area contributed by atoms with Crippen molar-refractivity contribution in [2.45, 2.75) is 24.0 Å². The van der Waals surface area contributed by atoms with Crippen molar-refractivity contribution in [2.75, 3.05) is 0 Å². The second-order valence-electron chi connectivity index (χ2n) is 4.60. The number of carbonyl (C=O) groups is 1. The van der Waals surface area contributed by atoms with Gasteiger partial charge in [-0.2, -0.15) is 0 Å². The highest BCUT2D eigenvalue weighted by Crippen LogP contribution is 2.27. The minimum atomic E-state index is -0.808. The summed E-state index contributed by atoms with van der Waals surface area (Å²) < 4.78 is 0. The van der Waals surface area contributed by atoms with Crippen LogP contribution >= 0.6 is 23.4 Å². The molecule has 2 aromatic rings. The summed E-state index contributed by atoms with van der Waals surface area (Å²) in [5, 5.41) is 9.51. The molecule has 0 bridgehead atoms. The van der Waals surface area contributed by atoms with E-state index in [0.717, 1.165) is 32.4 Å². The lowest BCUT2D eigenvalue weighted by Gasteiger charge is -2.06. The van der Waals surface area contributed by atoms with Crippen LogP contribution in [0.2, 0.25) is 5.02 Å². The monoisotopic (exact) mass is 306 g/mol. The smallest absolute Gasteiger partial charge is 0.307 e. The summed E-state index contributed by atoms with van der Waals surface area (Å²) in [5.74, 6) is -0.00551. The summed E-state index contributed by atoms with van der Waals surface area (Å²) in [7, 11) is 0. The zero-order chi connectivity index (χ0) is 14.5. The van der Waals surface area contributed by atoms with Gasteiger partial charge in [0.05, 0.1) is 6.42 Å². The molecular weight excluding hydrogens is 292 g/mol. The number of hydrogen-bond acceptors (Lipinski definition) is 2. The van der Waals surface area contributed by atoms with Crippen LogP contribution in [0.5, 0.6) is 0 Å². The number of carboxylic acid groups (broad SMARTS) is 1. The van der Waals surface area contributed by atoms with Gasteiger partial charge in [-0.3, -0.25) is 4.79 Å². The molecule has 1 N–H and O–H groups in total. The summed E-state index contributed by atoms with van der Waals surface area (Å²) in [6, 6.07) is 13.7. The van der Waals surface area contributed by atoms with Crippen molar-refractivity contribution in [1.82, 2.24) is 0 Å². The molecule has 2 rings (SSSR count). The van der Waals surface area contributed by atoms with Gasteiger partial charge in [-0.15, -0.1) is 11.8 Å². The summed E-state index contributed by atoms with van der Waals surface area (Å²) >= 11 is 7.89. The van der Waals surface area contributed by atoms with Crippen molar-refractivity contribution >= 4 is 29.3 Å². The Bertz CT molecular complexity index is 608. The Morgan fingerprint density at radius 2 is 1.90 bits per heavy atom. The number of halogens is 1. The van der Waals surface area contributed by atoms with Gasteiger partial charge in [0.25, 0.3) is 0 Å². The second kappa shape index (κ2) is 6.82. The third-order valence-electron chi connectivity index (χ3n) is 2.88. The maximum atomic E-state index is 10.6. The molecule has 0 heterocycles. The van der Waals surface area contributed by atoms with Gasteiger partial charge in [-0.1, -0.05) is 35.9 Å². The largest absolute Gasteiger partial charge is 0.481 e. The molecule has 4 heteroatoms. The Kier molecular flexibility index (Phi) is 5.10. The Morgan fingerprint density at radius 3 is 2.50 bits per heavy atom. The van der Waals surface area contributed by atoms with Crippen LogP contribution < -0.4 is 0 Å². The Labute approximate surface area is 127 Å². The first-order valence-electron chi connectivity index (χ1n) is 6.23. The van der Waals surface area contributed by atoms with Crippen LogP contribution in [-0.4, -0.2) is 11.1 Å². The van der Waals surface area contributed by atoms with E-state index in [0.29, 0.717) is 0 Å². The lowest BCUT2D eigenvalue weighted by atomic mass is 10.2. The third kappa shape index (κ3) is 4.29. The number of thioether (sulfide) groups is 1. The fraction of sp³-hybridized carbons (Fsp3) is 0.188. The molecule has 0 atom stereocenters. The average Bonchev–Trinajstić information content (AvgIpc) is 2.39. The van der Waals surface area contributed by atoms with Crippen molar-refractivity contribution in [3.8, 4) is 0 Å². The molecule has 0 saturated carbocycles. The number of benzene rings is 2. The van der Waals surface area contributed by atoms with Crippen LogP contribution in [0.4, 0.5) is 0 Å². The lowest BCUT2D eigenvalue weighted by Crippen LogP contribution is -1.99.